The number of benzene rings is 1. The second kappa shape index (κ2) is 3.42. The maximum absolute atomic E-state index is 5.17. The average molecular weight is 149 g/mol. The van der Waals surface area contributed by atoms with Crippen molar-refractivity contribution in [3.8, 4) is 5.75 Å². The summed E-state index contributed by atoms with van der Waals surface area (Å²) in [5, 5.41) is 0. The van der Waals surface area contributed by atoms with E-state index in [-0.39, 0.29) is 5.92 Å². The first kappa shape index (κ1) is 8.12. The maximum Gasteiger partial charge on any atom is 0.122 e. The molecule has 0 aromatic heterocycles. The van der Waals surface area contributed by atoms with Crippen molar-refractivity contribution in [2.24, 2.45) is 0 Å². The third-order valence-corrected chi connectivity index (χ3v) is 1.67. The number of methoxy groups -OCH3 is 1. The summed E-state index contributed by atoms with van der Waals surface area (Å²) in [7, 11) is 1.68. The molecule has 1 rings (SSSR count). The summed E-state index contributed by atoms with van der Waals surface area (Å²) in [5.41, 5.74) is 1.16. The number of ether oxygens (including phenoxy) is 1. The Balaban J connectivity index is 3.02. The molecule has 1 heteroatoms. The molecule has 0 aliphatic heterocycles. The van der Waals surface area contributed by atoms with E-state index in [0.717, 1.165) is 11.3 Å². The van der Waals surface area contributed by atoms with Crippen molar-refractivity contribution in [2.75, 3.05) is 7.11 Å². The Hall–Kier alpha value is -0.980. The number of rotatable bonds is 2. The van der Waals surface area contributed by atoms with E-state index in [1.54, 1.807) is 7.11 Å². The highest BCUT2D eigenvalue weighted by atomic mass is 16.5. The van der Waals surface area contributed by atoms with Gasteiger partial charge in [-0.2, -0.15) is 0 Å². The first-order valence-electron chi connectivity index (χ1n) is 3.71. The Kier molecular flexibility index (Phi) is 2.53. The van der Waals surface area contributed by atoms with E-state index in [0.29, 0.717) is 0 Å². The third kappa shape index (κ3) is 1.73. The zero-order chi connectivity index (χ0) is 8.27. The van der Waals surface area contributed by atoms with Crippen molar-refractivity contribution in [3.63, 3.8) is 0 Å². The first-order chi connectivity index (χ1) is 5.25. The maximum atomic E-state index is 5.17. The Morgan fingerprint density at radius 1 is 1.36 bits per heavy atom. The van der Waals surface area contributed by atoms with Crippen molar-refractivity contribution >= 4 is 0 Å². The molecule has 0 heterocycles. The second-order valence-electron chi connectivity index (χ2n) is 2.64. The fourth-order valence-electron chi connectivity index (χ4n) is 1.07. The Morgan fingerprint density at radius 2 is 2.00 bits per heavy atom. The molecular weight excluding hydrogens is 136 g/mol. The van der Waals surface area contributed by atoms with Gasteiger partial charge in [-0.1, -0.05) is 25.1 Å². The van der Waals surface area contributed by atoms with Crippen LogP contribution in [0.5, 0.6) is 5.75 Å². The van der Waals surface area contributed by atoms with E-state index >= 15 is 0 Å². The van der Waals surface area contributed by atoms with Crippen molar-refractivity contribution in [2.45, 2.75) is 12.8 Å². The minimum atomic E-state index is 0.283. The molecule has 1 aromatic rings. The van der Waals surface area contributed by atoms with Gasteiger partial charge in [0.1, 0.15) is 5.75 Å². The molecule has 0 saturated carbocycles. The van der Waals surface area contributed by atoms with Gasteiger partial charge >= 0.3 is 0 Å². The van der Waals surface area contributed by atoms with Crippen LogP contribution in [0, 0.1) is 6.92 Å². The Labute approximate surface area is 68.0 Å². The van der Waals surface area contributed by atoms with Gasteiger partial charge in [0.15, 0.2) is 0 Å². The molecule has 0 saturated heterocycles. The monoisotopic (exact) mass is 149 g/mol. The molecule has 1 aromatic carbocycles. The molecule has 0 bridgehead atoms. The van der Waals surface area contributed by atoms with Gasteiger partial charge in [-0.3, -0.25) is 0 Å². The number of para-hydroxylation sites is 1. The lowest BCUT2D eigenvalue weighted by atomic mass is 10.0. The predicted octanol–water partition coefficient (Wildman–Crippen LogP) is 2.63. The topological polar surface area (TPSA) is 9.23 Å². The second-order valence-corrected chi connectivity index (χ2v) is 2.64. The molecule has 0 aliphatic rings. The average Bonchev–Trinajstić information content (AvgIpc) is 2.04. The number of hydrogen-bond donors (Lipinski definition) is 0. The molecule has 0 aliphatic carbocycles. The Bertz CT molecular complexity index is 228. The summed E-state index contributed by atoms with van der Waals surface area (Å²) in [6.45, 7) is 5.99. The van der Waals surface area contributed by atoms with Gasteiger partial charge < -0.3 is 4.74 Å². The van der Waals surface area contributed by atoms with Crippen LogP contribution in [0.25, 0.3) is 0 Å². The van der Waals surface area contributed by atoms with Gasteiger partial charge in [-0.05, 0) is 24.5 Å². The highest BCUT2D eigenvalue weighted by Crippen LogP contribution is 2.24. The standard InChI is InChI=1S/C10H13O/c1-8(2)9-6-4-5-7-10(9)11-3/h4-8H,1H2,2-3H3. The van der Waals surface area contributed by atoms with E-state index in [2.05, 4.69) is 13.8 Å². The van der Waals surface area contributed by atoms with E-state index in [1.165, 1.54) is 0 Å². The van der Waals surface area contributed by atoms with E-state index in [1.807, 2.05) is 24.3 Å². The van der Waals surface area contributed by atoms with Gasteiger partial charge in [0.2, 0.25) is 0 Å². The van der Waals surface area contributed by atoms with Crippen LogP contribution in [0.1, 0.15) is 18.4 Å². The summed E-state index contributed by atoms with van der Waals surface area (Å²) in [4.78, 5) is 0. The van der Waals surface area contributed by atoms with Gasteiger partial charge in [-0.15, -0.1) is 0 Å². The summed E-state index contributed by atoms with van der Waals surface area (Å²) in [5.74, 6) is 1.21. The molecule has 1 nitrogen and oxygen atoms in total. The SMILES string of the molecule is [CH2]C(C)c1ccccc1OC. The molecule has 0 N–H and O–H groups in total. The van der Waals surface area contributed by atoms with Crippen molar-refractivity contribution in [1.82, 2.24) is 0 Å². The van der Waals surface area contributed by atoms with Crippen LogP contribution in [-0.4, -0.2) is 7.11 Å². The molecule has 11 heavy (non-hydrogen) atoms. The highest BCUT2D eigenvalue weighted by Gasteiger charge is 2.04. The summed E-state index contributed by atoms with van der Waals surface area (Å²) < 4.78 is 5.17. The Morgan fingerprint density at radius 3 is 2.45 bits per heavy atom. The van der Waals surface area contributed by atoms with Gasteiger partial charge in [-0.25, -0.2) is 0 Å². The normalized spacial score (nSPS) is 10.2. The molecule has 59 valence electrons. The van der Waals surface area contributed by atoms with Crippen LogP contribution in [0.4, 0.5) is 0 Å². The van der Waals surface area contributed by atoms with E-state index < -0.39 is 0 Å². The molecule has 0 fully saturated rings. The van der Waals surface area contributed by atoms with Crippen LogP contribution < -0.4 is 4.74 Å². The zero-order valence-electron chi connectivity index (χ0n) is 7.00. The van der Waals surface area contributed by atoms with Gasteiger partial charge in [0, 0.05) is 0 Å². The summed E-state index contributed by atoms with van der Waals surface area (Å²) >= 11 is 0. The van der Waals surface area contributed by atoms with Crippen molar-refractivity contribution in [1.29, 1.82) is 0 Å². The molecule has 1 radical (unpaired) electrons. The summed E-state index contributed by atoms with van der Waals surface area (Å²) in [6.07, 6.45) is 0. The van der Waals surface area contributed by atoms with Gasteiger partial charge in [0.25, 0.3) is 0 Å². The lowest BCUT2D eigenvalue weighted by Crippen LogP contribution is -1.92. The number of hydrogen-bond acceptors (Lipinski definition) is 1. The molecule has 1 atom stereocenters. The molecule has 0 spiro atoms. The van der Waals surface area contributed by atoms with Crippen LogP contribution in [0.3, 0.4) is 0 Å². The summed E-state index contributed by atoms with van der Waals surface area (Å²) in [6, 6.07) is 7.96. The third-order valence-electron chi connectivity index (χ3n) is 1.67. The van der Waals surface area contributed by atoms with Crippen molar-refractivity contribution < 1.29 is 4.74 Å². The fraction of sp³-hybridized carbons (Fsp3) is 0.300. The van der Waals surface area contributed by atoms with Crippen LogP contribution in [0.15, 0.2) is 24.3 Å². The van der Waals surface area contributed by atoms with Crippen LogP contribution >= 0.6 is 0 Å². The molecule has 0 amide bonds. The molecular formula is C10H13O. The van der Waals surface area contributed by atoms with E-state index in [9.17, 15) is 0 Å². The van der Waals surface area contributed by atoms with Crippen molar-refractivity contribution in [3.05, 3.63) is 36.8 Å². The largest absolute Gasteiger partial charge is 0.496 e. The van der Waals surface area contributed by atoms with Crippen LogP contribution in [0.2, 0.25) is 0 Å². The quantitative estimate of drug-likeness (QED) is 0.628. The van der Waals surface area contributed by atoms with E-state index in [4.69, 9.17) is 4.74 Å². The highest BCUT2D eigenvalue weighted by molar-refractivity contribution is 5.36. The minimum absolute atomic E-state index is 0.283. The predicted molar refractivity (Wildman–Crippen MR) is 46.8 cm³/mol. The minimum Gasteiger partial charge on any atom is -0.496 e. The lowest BCUT2D eigenvalue weighted by Gasteiger charge is -2.09. The zero-order valence-corrected chi connectivity index (χ0v) is 7.00. The van der Waals surface area contributed by atoms with Gasteiger partial charge in [0.05, 0.1) is 7.11 Å². The lowest BCUT2D eigenvalue weighted by molar-refractivity contribution is 0.408. The fourth-order valence-corrected chi connectivity index (χ4v) is 1.07. The van der Waals surface area contributed by atoms with Crippen LogP contribution in [-0.2, 0) is 0 Å². The smallest absolute Gasteiger partial charge is 0.122 e. The molecule has 1 unspecified atom stereocenters. The first-order valence-corrected chi connectivity index (χ1v) is 3.71.